The first kappa shape index (κ1) is 13.6. The number of carbonyl (C=O) groups is 1. The summed E-state index contributed by atoms with van der Waals surface area (Å²) in [5, 5.41) is 5.36. The van der Waals surface area contributed by atoms with Gasteiger partial charge >= 0.3 is 0 Å². The van der Waals surface area contributed by atoms with Crippen LogP contribution in [-0.4, -0.2) is 25.5 Å². The van der Waals surface area contributed by atoms with E-state index in [1.807, 2.05) is 51.2 Å². The quantitative estimate of drug-likeness (QED) is 0.916. The number of nitrogens with zero attached hydrogens (tertiary/aromatic N) is 1. The third kappa shape index (κ3) is 2.61. The number of carbonyl (C=O) groups excluding carboxylic acids is 1. The SMILES string of the molecule is CNC(C)(C)C(=O)N(C)c1ccc2ccccc2c1. The Labute approximate surface area is 114 Å². The molecule has 0 radical (unpaired) electrons. The summed E-state index contributed by atoms with van der Waals surface area (Å²) in [6.07, 6.45) is 0. The second kappa shape index (κ2) is 5.02. The molecule has 3 nitrogen and oxygen atoms in total. The van der Waals surface area contributed by atoms with Crippen molar-refractivity contribution >= 4 is 22.4 Å². The number of anilines is 1. The molecule has 0 aliphatic carbocycles. The van der Waals surface area contributed by atoms with Crippen molar-refractivity contribution in [1.82, 2.24) is 5.32 Å². The van der Waals surface area contributed by atoms with Crippen molar-refractivity contribution in [2.24, 2.45) is 0 Å². The summed E-state index contributed by atoms with van der Waals surface area (Å²) in [5.41, 5.74) is 0.340. The maximum Gasteiger partial charge on any atom is 0.246 e. The van der Waals surface area contributed by atoms with Gasteiger partial charge in [-0.1, -0.05) is 30.3 Å². The van der Waals surface area contributed by atoms with Crippen molar-refractivity contribution in [3.8, 4) is 0 Å². The molecule has 0 saturated carbocycles. The van der Waals surface area contributed by atoms with Crippen molar-refractivity contribution < 1.29 is 4.79 Å². The Hall–Kier alpha value is -1.87. The molecule has 1 amide bonds. The first-order valence-corrected chi connectivity index (χ1v) is 6.41. The van der Waals surface area contributed by atoms with Gasteiger partial charge in [0.05, 0.1) is 5.54 Å². The predicted octanol–water partition coefficient (Wildman–Crippen LogP) is 2.80. The summed E-state index contributed by atoms with van der Waals surface area (Å²) in [5.74, 6) is 0.0466. The Morgan fingerprint density at radius 3 is 2.37 bits per heavy atom. The van der Waals surface area contributed by atoms with Gasteiger partial charge in [-0.25, -0.2) is 0 Å². The van der Waals surface area contributed by atoms with Gasteiger partial charge < -0.3 is 10.2 Å². The first-order chi connectivity index (χ1) is 8.95. The van der Waals surface area contributed by atoms with E-state index in [0.717, 1.165) is 11.1 Å². The van der Waals surface area contributed by atoms with Crippen LogP contribution in [0.4, 0.5) is 5.69 Å². The average molecular weight is 256 g/mol. The van der Waals surface area contributed by atoms with Crippen LogP contribution in [0, 0.1) is 0 Å². The van der Waals surface area contributed by atoms with Crippen LogP contribution in [-0.2, 0) is 4.79 Å². The van der Waals surface area contributed by atoms with Crippen molar-refractivity contribution in [2.75, 3.05) is 19.0 Å². The standard InChI is InChI=1S/C16H20N2O/c1-16(2,17-3)15(19)18(4)14-10-9-12-7-5-6-8-13(12)11-14/h5-11,17H,1-4H3. The lowest BCUT2D eigenvalue weighted by Crippen LogP contribution is -2.51. The molecule has 3 heteroatoms. The Morgan fingerprint density at radius 2 is 1.74 bits per heavy atom. The highest BCUT2D eigenvalue weighted by atomic mass is 16.2. The lowest BCUT2D eigenvalue weighted by atomic mass is 10.0. The molecule has 19 heavy (non-hydrogen) atoms. The van der Waals surface area contributed by atoms with Gasteiger partial charge in [0.25, 0.3) is 0 Å². The minimum absolute atomic E-state index is 0.0466. The third-order valence-corrected chi connectivity index (χ3v) is 3.58. The number of hydrogen-bond acceptors (Lipinski definition) is 2. The molecule has 0 spiro atoms. The maximum absolute atomic E-state index is 12.4. The van der Waals surface area contributed by atoms with Crippen molar-refractivity contribution in [1.29, 1.82) is 0 Å². The third-order valence-electron chi connectivity index (χ3n) is 3.58. The zero-order valence-electron chi connectivity index (χ0n) is 11.9. The fourth-order valence-corrected chi connectivity index (χ4v) is 2.03. The molecular weight excluding hydrogens is 236 g/mol. The van der Waals surface area contributed by atoms with Crippen molar-refractivity contribution in [2.45, 2.75) is 19.4 Å². The maximum atomic E-state index is 12.4. The van der Waals surface area contributed by atoms with E-state index in [1.165, 1.54) is 5.39 Å². The average Bonchev–Trinajstić information content (AvgIpc) is 2.45. The molecule has 100 valence electrons. The van der Waals surface area contributed by atoms with Gasteiger partial charge in [-0.3, -0.25) is 4.79 Å². The van der Waals surface area contributed by atoms with E-state index in [2.05, 4.69) is 17.4 Å². The summed E-state index contributed by atoms with van der Waals surface area (Å²) in [4.78, 5) is 14.1. The number of benzene rings is 2. The topological polar surface area (TPSA) is 32.3 Å². The number of likely N-dealkylation sites (N-methyl/N-ethyl adjacent to an activating group) is 2. The predicted molar refractivity (Wildman–Crippen MR) is 80.5 cm³/mol. The van der Waals surface area contributed by atoms with Crippen LogP contribution in [0.25, 0.3) is 10.8 Å². The summed E-state index contributed by atoms with van der Waals surface area (Å²) in [6, 6.07) is 14.2. The van der Waals surface area contributed by atoms with Gasteiger partial charge in [-0.2, -0.15) is 0 Å². The van der Waals surface area contributed by atoms with E-state index in [0.29, 0.717) is 0 Å². The summed E-state index contributed by atoms with van der Waals surface area (Å²) >= 11 is 0. The highest BCUT2D eigenvalue weighted by molar-refractivity contribution is 6.00. The van der Waals surface area contributed by atoms with E-state index >= 15 is 0 Å². The van der Waals surface area contributed by atoms with E-state index in [1.54, 1.807) is 11.9 Å². The molecule has 2 aromatic rings. The Bertz CT molecular complexity index is 604. The molecule has 0 saturated heterocycles. The second-order valence-corrected chi connectivity index (χ2v) is 5.27. The minimum atomic E-state index is -0.569. The van der Waals surface area contributed by atoms with Crippen LogP contribution in [0.2, 0.25) is 0 Å². The van der Waals surface area contributed by atoms with Crippen LogP contribution in [0.5, 0.6) is 0 Å². The van der Waals surface area contributed by atoms with Gasteiger partial charge in [0.1, 0.15) is 0 Å². The van der Waals surface area contributed by atoms with E-state index in [4.69, 9.17) is 0 Å². The molecule has 0 unspecified atom stereocenters. The lowest BCUT2D eigenvalue weighted by molar-refractivity contribution is -0.123. The smallest absolute Gasteiger partial charge is 0.246 e. The molecule has 0 fully saturated rings. The minimum Gasteiger partial charge on any atom is -0.314 e. The normalized spacial score (nSPS) is 11.6. The lowest BCUT2D eigenvalue weighted by Gasteiger charge is -2.29. The Balaban J connectivity index is 2.36. The molecule has 2 rings (SSSR count). The van der Waals surface area contributed by atoms with E-state index in [-0.39, 0.29) is 5.91 Å². The molecule has 0 atom stereocenters. The summed E-state index contributed by atoms with van der Waals surface area (Å²) in [6.45, 7) is 3.76. The van der Waals surface area contributed by atoms with Crippen molar-refractivity contribution in [3.05, 3.63) is 42.5 Å². The van der Waals surface area contributed by atoms with E-state index in [9.17, 15) is 4.79 Å². The monoisotopic (exact) mass is 256 g/mol. The Kier molecular flexibility index (Phi) is 3.58. The van der Waals surface area contributed by atoms with Gasteiger partial charge in [-0.15, -0.1) is 0 Å². The largest absolute Gasteiger partial charge is 0.314 e. The van der Waals surface area contributed by atoms with Gasteiger partial charge in [-0.05, 0) is 43.8 Å². The van der Waals surface area contributed by atoms with E-state index < -0.39 is 5.54 Å². The summed E-state index contributed by atoms with van der Waals surface area (Å²) < 4.78 is 0. The number of fused-ring (bicyclic) bond motifs is 1. The molecule has 0 heterocycles. The molecule has 0 bridgehead atoms. The van der Waals surface area contributed by atoms with Gasteiger partial charge in [0.2, 0.25) is 5.91 Å². The zero-order valence-corrected chi connectivity index (χ0v) is 11.9. The highest BCUT2D eigenvalue weighted by Gasteiger charge is 2.29. The second-order valence-electron chi connectivity index (χ2n) is 5.27. The van der Waals surface area contributed by atoms with Crippen LogP contribution < -0.4 is 10.2 Å². The number of hydrogen-bond donors (Lipinski definition) is 1. The first-order valence-electron chi connectivity index (χ1n) is 6.41. The van der Waals surface area contributed by atoms with Crippen LogP contribution in [0.15, 0.2) is 42.5 Å². The van der Waals surface area contributed by atoms with Crippen molar-refractivity contribution in [3.63, 3.8) is 0 Å². The van der Waals surface area contributed by atoms with Gasteiger partial charge in [0.15, 0.2) is 0 Å². The van der Waals surface area contributed by atoms with Gasteiger partial charge in [0, 0.05) is 12.7 Å². The number of rotatable bonds is 3. The molecule has 0 aliphatic rings. The Morgan fingerprint density at radius 1 is 1.11 bits per heavy atom. The summed E-state index contributed by atoms with van der Waals surface area (Å²) in [7, 11) is 3.61. The molecule has 0 aromatic heterocycles. The fraction of sp³-hybridized carbons (Fsp3) is 0.312. The fourth-order valence-electron chi connectivity index (χ4n) is 2.03. The van der Waals surface area contributed by atoms with Crippen LogP contribution in [0.1, 0.15) is 13.8 Å². The molecule has 2 aromatic carbocycles. The molecule has 1 N–H and O–H groups in total. The number of nitrogens with one attached hydrogen (secondary N) is 1. The van der Waals surface area contributed by atoms with Crippen LogP contribution in [0.3, 0.4) is 0 Å². The van der Waals surface area contributed by atoms with Crippen LogP contribution >= 0.6 is 0 Å². The molecular formula is C16H20N2O. The highest BCUT2D eigenvalue weighted by Crippen LogP contribution is 2.23. The number of amides is 1. The zero-order chi connectivity index (χ0) is 14.0. The molecule has 0 aliphatic heterocycles.